The van der Waals surface area contributed by atoms with E-state index in [2.05, 4.69) is 6.92 Å². The first-order chi connectivity index (χ1) is 8.17. The van der Waals surface area contributed by atoms with E-state index in [1.165, 1.54) is 0 Å². The Bertz CT molecular complexity index is 363. The molecule has 2 rings (SSSR count). The van der Waals surface area contributed by atoms with E-state index in [1.807, 2.05) is 24.3 Å². The Kier molecular flexibility index (Phi) is 3.69. The number of methoxy groups -OCH3 is 1. The summed E-state index contributed by atoms with van der Waals surface area (Å²) >= 11 is 0. The molecule has 0 spiro atoms. The topological polar surface area (TPSA) is 55.5 Å². The van der Waals surface area contributed by atoms with Crippen LogP contribution in [0, 0.1) is 11.8 Å². The van der Waals surface area contributed by atoms with Crippen LogP contribution >= 0.6 is 0 Å². The molecule has 3 nitrogen and oxygen atoms in total. The number of ether oxygens (including phenoxy) is 1. The van der Waals surface area contributed by atoms with Crippen molar-refractivity contribution >= 4 is 0 Å². The molecule has 0 aromatic heterocycles. The highest BCUT2D eigenvalue weighted by Gasteiger charge is 2.42. The molecule has 1 fully saturated rings. The number of benzene rings is 1. The van der Waals surface area contributed by atoms with Crippen molar-refractivity contribution in [1.82, 2.24) is 0 Å². The predicted molar refractivity (Wildman–Crippen MR) is 68.1 cm³/mol. The van der Waals surface area contributed by atoms with Crippen LogP contribution in [0.25, 0.3) is 0 Å². The lowest BCUT2D eigenvalue weighted by Crippen LogP contribution is -2.28. The van der Waals surface area contributed by atoms with E-state index in [0.29, 0.717) is 18.4 Å². The molecule has 94 valence electrons. The highest BCUT2D eigenvalue weighted by molar-refractivity contribution is 5.30. The van der Waals surface area contributed by atoms with Crippen LogP contribution in [0.15, 0.2) is 24.3 Å². The van der Waals surface area contributed by atoms with Gasteiger partial charge in [0.15, 0.2) is 0 Å². The van der Waals surface area contributed by atoms with Crippen LogP contribution in [0.1, 0.15) is 24.8 Å². The first-order valence-electron chi connectivity index (χ1n) is 6.19. The van der Waals surface area contributed by atoms with E-state index in [1.54, 1.807) is 7.11 Å². The van der Waals surface area contributed by atoms with Crippen molar-refractivity contribution in [3.8, 4) is 5.75 Å². The van der Waals surface area contributed by atoms with Gasteiger partial charge in [0.05, 0.1) is 13.2 Å². The van der Waals surface area contributed by atoms with Gasteiger partial charge in [0.25, 0.3) is 0 Å². The zero-order chi connectivity index (χ0) is 12.4. The van der Waals surface area contributed by atoms with Crippen LogP contribution in [0.5, 0.6) is 5.75 Å². The van der Waals surface area contributed by atoms with E-state index in [0.717, 1.165) is 17.7 Å². The monoisotopic (exact) mass is 235 g/mol. The fraction of sp³-hybridized carbons (Fsp3) is 0.571. The second kappa shape index (κ2) is 5.07. The third kappa shape index (κ3) is 2.61. The van der Waals surface area contributed by atoms with E-state index in [9.17, 15) is 5.11 Å². The Hall–Kier alpha value is -1.06. The summed E-state index contributed by atoms with van der Waals surface area (Å²) in [5.41, 5.74) is 6.89. The lowest BCUT2D eigenvalue weighted by atomic mass is 9.90. The molecule has 0 amide bonds. The van der Waals surface area contributed by atoms with E-state index < -0.39 is 0 Å². The number of hydrogen-bond acceptors (Lipinski definition) is 3. The zero-order valence-corrected chi connectivity index (χ0v) is 10.5. The van der Waals surface area contributed by atoms with Crippen LogP contribution in [0.4, 0.5) is 0 Å². The highest BCUT2D eigenvalue weighted by atomic mass is 16.5. The molecule has 0 saturated heterocycles. The molecule has 4 unspecified atom stereocenters. The fourth-order valence-electron chi connectivity index (χ4n) is 2.45. The minimum Gasteiger partial charge on any atom is -0.497 e. The lowest BCUT2D eigenvalue weighted by molar-refractivity contribution is 0.118. The Balaban J connectivity index is 2.10. The third-order valence-electron chi connectivity index (χ3n) is 3.82. The maximum Gasteiger partial charge on any atom is 0.118 e. The zero-order valence-electron chi connectivity index (χ0n) is 10.5. The summed E-state index contributed by atoms with van der Waals surface area (Å²) < 4.78 is 5.13. The number of rotatable bonds is 5. The van der Waals surface area contributed by atoms with Gasteiger partial charge in [0.1, 0.15) is 5.75 Å². The molecular formula is C14H21NO2. The Morgan fingerprint density at radius 1 is 1.41 bits per heavy atom. The second-order valence-electron chi connectivity index (χ2n) is 4.98. The van der Waals surface area contributed by atoms with Gasteiger partial charge < -0.3 is 15.6 Å². The van der Waals surface area contributed by atoms with Gasteiger partial charge in [-0.2, -0.15) is 0 Å². The summed E-state index contributed by atoms with van der Waals surface area (Å²) in [5.74, 6) is 1.93. The molecule has 1 aliphatic carbocycles. The molecular weight excluding hydrogens is 214 g/mol. The normalized spacial score (nSPS) is 26.4. The first-order valence-corrected chi connectivity index (χ1v) is 6.19. The Morgan fingerprint density at radius 2 is 2.00 bits per heavy atom. The van der Waals surface area contributed by atoms with Gasteiger partial charge in [-0.05, 0) is 36.0 Å². The van der Waals surface area contributed by atoms with Crippen LogP contribution in [-0.2, 0) is 0 Å². The number of aliphatic hydroxyl groups is 1. The van der Waals surface area contributed by atoms with Crippen LogP contribution in [0.3, 0.4) is 0 Å². The van der Waals surface area contributed by atoms with Gasteiger partial charge in [-0.15, -0.1) is 0 Å². The average Bonchev–Trinajstić information content (AvgIpc) is 3.08. The van der Waals surface area contributed by atoms with Crippen molar-refractivity contribution in [2.24, 2.45) is 17.6 Å². The molecule has 1 aliphatic rings. The second-order valence-corrected chi connectivity index (χ2v) is 4.98. The van der Waals surface area contributed by atoms with Gasteiger partial charge in [0.2, 0.25) is 0 Å². The van der Waals surface area contributed by atoms with Gasteiger partial charge >= 0.3 is 0 Å². The smallest absolute Gasteiger partial charge is 0.118 e. The summed E-state index contributed by atoms with van der Waals surface area (Å²) in [7, 11) is 1.65. The van der Waals surface area contributed by atoms with Crippen molar-refractivity contribution in [3.05, 3.63) is 29.8 Å². The summed E-state index contributed by atoms with van der Waals surface area (Å²) in [6.07, 6.45) is 0.803. The van der Waals surface area contributed by atoms with Gasteiger partial charge in [0, 0.05) is 12.5 Å². The number of hydrogen-bond donors (Lipinski definition) is 2. The molecule has 0 heterocycles. The first kappa shape index (κ1) is 12.4. The largest absolute Gasteiger partial charge is 0.497 e. The molecule has 1 aromatic rings. The van der Waals surface area contributed by atoms with Gasteiger partial charge in [-0.25, -0.2) is 0 Å². The third-order valence-corrected chi connectivity index (χ3v) is 3.82. The predicted octanol–water partition coefficient (Wildman–Crippen LogP) is 1.75. The van der Waals surface area contributed by atoms with E-state index >= 15 is 0 Å². The minimum atomic E-state index is -0.316. The fourth-order valence-corrected chi connectivity index (χ4v) is 2.45. The molecule has 3 heteroatoms. The SMILES string of the molecule is COc1ccc(C(CN)C(O)C2CC2C)cc1. The molecule has 0 aliphatic heterocycles. The van der Waals surface area contributed by atoms with Crippen LogP contribution in [-0.4, -0.2) is 24.9 Å². The summed E-state index contributed by atoms with van der Waals surface area (Å²) in [6, 6.07) is 7.82. The minimum absolute atomic E-state index is 0.0378. The number of nitrogens with two attached hydrogens (primary N) is 1. The molecule has 0 radical (unpaired) electrons. The van der Waals surface area contributed by atoms with Gasteiger partial charge in [-0.1, -0.05) is 19.1 Å². The molecule has 0 bridgehead atoms. The lowest BCUT2D eigenvalue weighted by Gasteiger charge is -2.22. The molecule has 4 atom stereocenters. The molecule has 1 aromatic carbocycles. The van der Waals surface area contributed by atoms with Crippen molar-refractivity contribution in [2.45, 2.75) is 25.4 Å². The Morgan fingerprint density at radius 3 is 2.41 bits per heavy atom. The maximum atomic E-state index is 10.3. The van der Waals surface area contributed by atoms with Crippen molar-refractivity contribution in [3.63, 3.8) is 0 Å². The maximum absolute atomic E-state index is 10.3. The van der Waals surface area contributed by atoms with E-state index in [4.69, 9.17) is 10.5 Å². The van der Waals surface area contributed by atoms with Crippen LogP contribution < -0.4 is 10.5 Å². The van der Waals surface area contributed by atoms with Gasteiger partial charge in [-0.3, -0.25) is 0 Å². The average molecular weight is 235 g/mol. The summed E-state index contributed by atoms with van der Waals surface area (Å²) in [5, 5.41) is 10.3. The summed E-state index contributed by atoms with van der Waals surface area (Å²) in [6.45, 7) is 2.66. The summed E-state index contributed by atoms with van der Waals surface area (Å²) in [4.78, 5) is 0. The van der Waals surface area contributed by atoms with Crippen molar-refractivity contribution < 1.29 is 9.84 Å². The van der Waals surface area contributed by atoms with Crippen molar-refractivity contribution in [2.75, 3.05) is 13.7 Å². The standard InChI is InChI=1S/C14H21NO2/c1-9-7-12(9)14(16)13(8-15)10-3-5-11(17-2)6-4-10/h3-6,9,12-14,16H,7-8,15H2,1-2H3. The van der Waals surface area contributed by atoms with E-state index in [-0.39, 0.29) is 12.0 Å². The highest BCUT2D eigenvalue weighted by Crippen LogP contribution is 2.44. The quantitative estimate of drug-likeness (QED) is 0.817. The molecule has 3 N–H and O–H groups in total. The number of aliphatic hydroxyl groups excluding tert-OH is 1. The Labute approximate surface area is 103 Å². The van der Waals surface area contributed by atoms with Crippen LogP contribution in [0.2, 0.25) is 0 Å². The van der Waals surface area contributed by atoms with Crippen molar-refractivity contribution in [1.29, 1.82) is 0 Å². The molecule has 17 heavy (non-hydrogen) atoms. The molecule has 1 saturated carbocycles.